The zero-order valence-electron chi connectivity index (χ0n) is 9.05. The summed E-state index contributed by atoms with van der Waals surface area (Å²) >= 11 is 3.36. The molecule has 2 rings (SSSR count). The summed E-state index contributed by atoms with van der Waals surface area (Å²) in [7, 11) is 0. The smallest absolute Gasteiger partial charge is 0.144 e. The van der Waals surface area contributed by atoms with Crippen molar-refractivity contribution in [1.82, 2.24) is 9.97 Å². The van der Waals surface area contributed by atoms with Crippen molar-refractivity contribution in [1.29, 1.82) is 0 Å². The van der Waals surface area contributed by atoms with Gasteiger partial charge in [0.1, 0.15) is 12.1 Å². The number of hydrogen-bond donors (Lipinski definition) is 2. The van der Waals surface area contributed by atoms with Crippen LogP contribution in [0.1, 0.15) is 11.6 Å². The third-order valence-corrected chi connectivity index (χ3v) is 2.94. The van der Waals surface area contributed by atoms with E-state index in [0.717, 1.165) is 10.0 Å². The molecule has 1 unspecified atom stereocenters. The van der Waals surface area contributed by atoms with Gasteiger partial charge in [0.25, 0.3) is 0 Å². The first-order chi connectivity index (χ1) is 8.31. The van der Waals surface area contributed by atoms with Gasteiger partial charge in [-0.15, -0.1) is 0 Å². The molecule has 0 spiro atoms. The van der Waals surface area contributed by atoms with Gasteiger partial charge >= 0.3 is 0 Å². The zero-order valence-corrected chi connectivity index (χ0v) is 10.6. The standard InChI is InChI=1S/C12H12BrN3O/c13-10-6-14-8-15-12(10)16-11(7-17)9-4-2-1-3-5-9/h1-6,8,11,17H,7H2,(H,14,15,16). The van der Waals surface area contributed by atoms with Gasteiger partial charge in [-0.2, -0.15) is 0 Å². The average molecular weight is 294 g/mol. The van der Waals surface area contributed by atoms with Crippen molar-refractivity contribution in [3.8, 4) is 0 Å². The molecule has 2 aromatic rings. The van der Waals surface area contributed by atoms with Gasteiger partial charge in [-0.05, 0) is 21.5 Å². The van der Waals surface area contributed by atoms with E-state index in [9.17, 15) is 5.11 Å². The largest absolute Gasteiger partial charge is 0.394 e. The van der Waals surface area contributed by atoms with Crippen LogP contribution >= 0.6 is 15.9 Å². The normalized spacial score (nSPS) is 12.1. The highest BCUT2D eigenvalue weighted by atomic mass is 79.9. The van der Waals surface area contributed by atoms with Crippen molar-refractivity contribution in [2.24, 2.45) is 0 Å². The number of halogens is 1. The summed E-state index contributed by atoms with van der Waals surface area (Å²) in [5.74, 6) is 0.669. The monoisotopic (exact) mass is 293 g/mol. The lowest BCUT2D eigenvalue weighted by molar-refractivity contribution is 0.276. The minimum atomic E-state index is -0.178. The highest BCUT2D eigenvalue weighted by molar-refractivity contribution is 9.10. The van der Waals surface area contributed by atoms with Crippen LogP contribution in [0.25, 0.3) is 0 Å². The van der Waals surface area contributed by atoms with Crippen molar-refractivity contribution < 1.29 is 5.11 Å². The van der Waals surface area contributed by atoms with Gasteiger partial charge in [0.2, 0.25) is 0 Å². The fraction of sp³-hybridized carbons (Fsp3) is 0.167. The van der Waals surface area contributed by atoms with Gasteiger partial charge in [0, 0.05) is 6.20 Å². The molecular weight excluding hydrogens is 282 g/mol. The van der Waals surface area contributed by atoms with Crippen LogP contribution in [-0.2, 0) is 0 Å². The lowest BCUT2D eigenvalue weighted by Crippen LogP contribution is -2.15. The minimum Gasteiger partial charge on any atom is -0.394 e. The number of aliphatic hydroxyl groups is 1. The van der Waals surface area contributed by atoms with E-state index in [4.69, 9.17) is 0 Å². The SMILES string of the molecule is OCC(Nc1ncncc1Br)c1ccccc1. The molecule has 1 aromatic carbocycles. The molecule has 0 radical (unpaired) electrons. The number of aliphatic hydroxyl groups excluding tert-OH is 1. The van der Waals surface area contributed by atoms with E-state index in [1.807, 2.05) is 30.3 Å². The van der Waals surface area contributed by atoms with Gasteiger partial charge in [-0.3, -0.25) is 0 Å². The second-order valence-corrected chi connectivity index (χ2v) is 4.36. The Morgan fingerprint density at radius 1 is 1.29 bits per heavy atom. The van der Waals surface area contributed by atoms with Crippen molar-refractivity contribution in [3.05, 3.63) is 52.9 Å². The van der Waals surface area contributed by atoms with Gasteiger partial charge < -0.3 is 10.4 Å². The van der Waals surface area contributed by atoms with E-state index in [1.165, 1.54) is 6.33 Å². The van der Waals surface area contributed by atoms with Gasteiger partial charge in [-0.25, -0.2) is 9.97 Å². The molecule has 2 N–H and O–H groups in total. The van der Waals surface area contributed by atoms with Crippen LogP contribution in [0.2, 0.25) is 0 Å². The van der Waals surface area contributed by atoms with Gasteiger partial charge in [-0.1, -0.05) is 30.3 Å². The summed E-state index contributed by atoms with van der Waals surface area (Å²) < 4.78 is 0.773. The van der Waals surface area contributed by atoms with E-state index in [-0.39, 0.29) is 12.6 Å². The number of aromatic nitrogens is 2. The molecule has 0 aliphatic rings. The van der Waals surface area contributed by atoms with E-state index < -0.39 is 0 Å². The Balaban J connectivity index is 2.19. The fourth-order valence-corrected chi connectivity index (χ4v) is 1.84. The quantitative estimate of drug-likeness (QED) is 0.909. The maximum Gasteiger partial charge on any atom is 0.144 e. The summed E-state index contributed by atoms with van der Waals surface area (Å²) in [5, 5.41) is 12.6. The van der Waals surface area contributed by atoms with Crippen LogP contribution in [0.5, 0.6) is 0 Å². The Hall–Kier alpha value is -1.46. The summed E-state index contributed by atoms with van der Waals surface area (Å²) in [6.45, 7) is 0.000453. The number of nitrogens with one attached hydrogen (secondary N) is 1. The van der Waals surface area contributed by atoms with Gasteiger partial charge in [0.05, 0.1) is 17.1 Å². The highest BCUT2D eigenvalue weighted by Crippen LogP contribution is 2.23. The topological polar surface area (TPSA) is 58.0 Å². The molecule has 0 aliphatic heterocycles. The molecule has 0 bridgehead atoms. The highest BCUT2D eigenvalue weighted by Gasteiger charge is 2.11. The van der Waals surface area contributed by atoms with Crippen molar-refractivity contribution in [2.75, 3.05) is 11.9 Å². The lowest BCUT2D eigenvalue weighted by atomic mass is 10.1. The summed E-state index contributed by atoms with van der Waals surface area (Å²) in [4.78, 5) is 8.00. The Labute approximate surface area is 108 Å². The predicted molar refractivity (Wildman–Crippen MR) is 69.6 cm³/mol. The second-order valence-electron chi connectivity index (χ2n) is 3.51. The maximum absolute atomic E-state index is 9.41. The Morgan fingerprint density at radius 3 is 2.71 bits per heavy atom. The number of anilines is 1. The van der Waals surface area contributed by atoms with Crippen molar-refractivity contribution in [2.45, 2.75) is 6.04 Å². The molecule has 17 heavy (non-hydrogen) atoms. The van der Waals surface area contributed by atoms with Crippen LogP contribution in [-0.4, -0.2) is 21.7 Å². The first kappa shape index (κ1) is 12.0. The van der Waals surface area contributed by atoms with Crippen LogP contribution in [0, 0.1) is 0 Å². The summed E-state index contributed by atoms with van der Waals surface area (Å²) in [5.41, 5.74) is 1.01. The number of rotatable bonds is 4. The molecule has 0 aliphatic carbocycles. The Kier molecular flexibility index (Phi) is 4.06. The van der Waals surface area contributed by atoms with Crippen molar-refractivity contribution >= 4 is 21.7 Å². The molecule has 1 atom stereocenters. The molecule has 88 valence electrons. The molecule has 1 heterocycles. The third-order valence-electron chi connectivity index (χ3n) is 2.36. The Morgan fingerprint density at radius 2 is 2.06 bits per heavy atom. The molecular formula is C12H12BrN3O. The van der Waals surface area contributed by atoms with Crippen LogP contribution in [0.4, 0.5) is 5.82 Å². The Bertz CT molecular complexity index is 478. The summed E-state index contributed by atoms with van der Waals surface area (Å²) in [6, 6.07) is 9.57. The predicted octanol–water partition coefficient (Wildman–Crippen LogP) is 2.38. The van der Waals surface area contributed by atoms with Crippen LogP contribution in [0.3, 0.4) is 0 Å². The first-order valence-corrected chi connectivity index (χ1v) is 5.98. The molecule has 4 nitrogen and oxygen atoms in total. The molecule has 1 aromatic heterocycles. The molecule has 0 saturated heterocycles. The lowest BCUT2D eigenvalue weighted by Gasteiger charge is -2.17. The van der Waals surface area contributed by atoms with Crippen molar-refractivity contribution in [3.63, 3.8) is 0 Å². The maximum atomic E-state index is 9.41. The van der Waals surface area contributed by atoms with E-state index >= 15 is 0 Å². The van der Waals surface area contributed by atoms with E-state index in [0.29, 0.717) is 5.82 Å². The van der Waals surface area contributed by atoms with Crippen LogP contribution < -0.4 is 5.32 Å². The second kappa shape index (κ2) is 5.75. The molecule has 0 amide bonds. The van der Waals surface area contributed by atoms with Gasteiger partial charge in [0.15, 0.2) is 0 Å². The first-order valence-electron chi connectivity index (χ1n) is 5.19. The zero-order chi connectivity index (χ0) is 12.1. The molecule has 0 fully saturated rings. The van der Waals surface area contributed by atoms with E-state index in [2.05, 4.69) is 31.2 Å². The third kappa shape index (κ3) is 3.01. The molecule has 0 saturated carbocycles. The van der Waals surface area contributed by atoms with E-state index in [1.54, 1.807) is 6.20 Å². The fourth-order valence-electron chi connectivity index (χ4n) is 1.50. The average Bonchev–Trinajstić information content (AvgIpc) is 2.39. The minimum absolute atomic E-state index is 0.000453. The number of benzene rings is 1. The molecule has 5 heteroatoms. The number of nitrogens with zero attached hydrogens (tertiary/aromatic N) is 2. The number of hydrogen-bond acceptors (Lipinski definition) is 4. The van der Waals surface area contributed by atoms with Crippen LogP contribution in [0.15, 0.2) is 47.3 Å². The summed E-state index contributed by atoms with van der Waals surface area (Å²) in [6.07, 6.45) is 3.13.